The molecule has 1 unspecified atom stereocenters. The highest BCUT2D eigenvalue weighted by atomic mass is 16.2. The molecule has 0 saturated carbocycles. The first-order chi connectivity index (χ1) is 5.77. The van der Waals surface area contributed by atoms with Gasteiger partial charge in [0.1, 0.15) is 0 Å². The Kier molecular flexibility index (Phi) is 1.75. The van der Waals surface area contributed by atoms with Crippen molar-refractivity contribution in [2.45, 2.75) is 25.8 Å². The Morgan fingerprint density at radius 2 is 2.33 bits per heavy atom. The van der Waals surface area contributed by atoms with Crippen LogP contribution in [0, 0.1) is 0 Å². The molecule has 0 N–H and O–H groups in total. The van der Waals surface area contributed by atoms with Gasteiger partial charge in [-0.1, -0.05) is 17.7 Å². The van der Waals surface area contributed by atoms with Crippen LogP contribution in [0.3, 0.4) is 0 Å². The lowest BCUT2D eigenvalue weighted by atomic mass is 9.98. The summed E-state index contributed by atoms with van der Waals surface area (Å²) >= 11 is 0. The minimum Gasteiger partial charge on any atom is -0.332 e. The van der Waals surface area contributed by atoms with Gasteiger partial charge in [-0.3, -0.25) is 4.79 Å². The molecule has 0 fully saturated rings. The van der Waals surface area contributed by atoms with Crippen LogP contribution in [0.15, 0.2) is 23.8 Å². The Balaban J connectivity index is 2.21. The molecule has 64 valence electrons. The van der Waals surface area contributed by atoms with Crippen LogP contribution in [0.1, 0.15) is 19.8 Å². The van der Waals surface area contributed by atoms with Gasteiger partial charge in [-0.25, -0.2) is 0 Å². The van der Waals surface area contributed by atoms with Crippen molar-refractivity contribution in [2.24, 2.45) is 0 Å². The van der Waals surface area contributed by atoms with Crippen molar-refractivity contribution in [3.8, 4) is 0 Å². The zero-order valence-corrected chi connectivity index (χ0v) is 7.29. The highest BCUT2D eigenvalue weighted by Gasteiger charge is 2.26. The summed E-state index contributed by atoms with van der Waals surface area (Å²) in [5, 5.41) is 0. The first-order valence-electron chi connectivity index (χ1n) is 4.40. The number of rotatable bonds is 0. The quantitative estimate of drug-likeness (QED) is 0.495. The van der Waals surface area contributed by atoms with E-state index in [2.05, 4.69) is 13.0 Å². The highest BCUT2D eigenvalue weighted by Crippen LogP contribution is 2.22. The van der Waals surface area contributed by atoms with Gasteiger partial charge in [0.25, 0.3) is 0 Å². The van der Waals surface area contributed by atoms with E-state index >= 15 is 0 Å². The molecule has 2 aliphatic rings. The number of nitrogens with zero attached hydrogens (tertiary/aromatic N) is 1. The second-order valence-corrected chi connectivity index (χ2v) is 3.54. The Hall–Kier alpha value is -1.05. The summed E-state index contributed by atoms with van der Waals surface area (Å²) in [7, 11) is 0. The summed E-state index contributed by atoms with van der Waals surface area (Å²) in [6, 6.07) is 0.436. The third kappa shape index (κ3) is 1.17. The van der Waals surface area contributed by atoms with Crippen LogP contribution >= 0.6 is 0 Å². The largest absolute Gasteiger partial charge is 0.332 e. The first-order valence-corrected chi connectivity index (χ1v) is 4.40. The van der Waals surface area contributed by atoms with Crippen molar-refractivity contribution >= 4 is 5.91 Å². The van der Waals surface area contributed by atoms with E-state index in [4.69, 9.17) is 0 Å². The first kappa shape index (κ1) is 7.59. The van der Waals surface area contributed by atoms with E-state index in [0.29, 0.717) is 6.04 Å². The number of carbonyl (C=O) groups excluding carboxylic acids is 1. The van der Waals surface area contributed by atoms with Gasteiger partial charge in [-0.2, -0.15) is 0 Å². The summed E-state index contributed by atoms with van der Waals surface area (Å²) < 4.78 is 0. The lowest BCUT2D eigenvalue weighted by molar-refractivity contribution is -0.128. The standard InChI is InChI=1S/C10H13NO/c1-8-5-6-9-3-2-4-10(12)11(9)7-8/h2,4-5,9H,3,6-7H2,1H3. The lowest BCUT2D eigenvalue weighted by Crippen LogP contribution is -2.44. The number of hydrogen-bond acceptors (Lipinski definition) is 1. The predicted molar refractivity (Wildman–Crippen MR) is 47.6 cm³/mol. The van der Waals surface area contributed by atoms with Gasteiger partial charge in [0.05, 0.1) is 0 Å². The van der Waals surface area contributed by atoms with Crippen LogP contribution in [0.5, 0.6) is 0 Å². The molecule has 0 radical (unpaired) electrons. The molecule has 1 atom stereocenters. The minimum absolute atomic E-state index is 0.179. The molecule has 0 saturated heterocycles. The van der Waals surface area contributed by atoms with Crippen molar-refractivity contribution in [3.63, 3.8) is 0 Å². The maximum atomic E-state index is 11.4. The summed E-state index contributed by atoms with van der Waals surface area (Å²) in [6.07, 6.45) is 7.97. The molecule has 2 heterocycles. The van der Waals surface area contributed by atoms with E-state index in [-0.39, 0.29) is 5.91 Å². The van der Waals surface area contributed by atoms with Crippen LogP contribution in [0.25, 0.3) is 0 Å². The van der Waals surface area contributed by atoms with E-state index in [1.807, 2.05) is 11.0 Å². The molecule has 0 spiro atoms. The van der Waals surface area contributed by atoms with Crippen LogP contribution in [-0.4, -0.2) is 23.4 Å². The molecule has 12 heavy (non-hydrogen) atoms. The molecule has 2 aliphatic heterocycles. The molecule has 0 aromatic rings. The molecule has 0 aromatic carbocycles. The second kappa shape index (κ2) is 2.77. The van der Waals surface area contributed by atoms with Gasteiger partial charge in [0.15, 0.2) is 0 Å². The van der Waals surface area contributed by atoms with E-state index in [0.717, 1.165) is 19.4 Å². The fourth-order valence-corrected chi connectivity index (χ4v) is 1.83. The van der Waals surface area contributed by atoms with Crippen molar-refractivity contribution in [3.05, 3.63) is 23.8 Å². The Bertz CT molecular complexity index is 265. The summed E-state index contributed by atoms with van der Waals surface area (Å²) in [6.45, 7) is 2.91. The fourth-order valence-electron chi connectivity index (χ4n) is 1.83. The normalized spacial score (nSPS) is 28.4. The molecule has 0 aliphatic carbocycles. The van der Waals surface area contributed by atoms with E-state index in [1.54, 1.807) is 6.08 Å². The van der Waals surface area contributed by atoms with Gasteiger partial charge in [-0.05, 0) is 25.8 Å². The summed E-state index contributed by atoms with van der Waals surface area (Å²) in [4.78, 5) is 13.4. The Morgan fingerprint density at radius 3 is 3.17 bits per heavy atom. The zero-order valence-electron chi connectivity index (χ0n) is 7.29. The van der Waals surface area contributed by atoms with Crippen molar-refractivity contribution in [2.75, 3.05) is 6.54 Å². The lowest BCUT2D eigenvalue weighted by Gasteiger charge is -2.35. The maximum Gasteiger partial charge on any atom is 0.246 e. The van der Waals surface area contributed by atoms with Crippen LogP contribution in [-0.2, 0) is 4.79 Å². The fraction of sp³-hybridized carbons (Fsp3) is 0.500. The average Bonchev–Trinajstić information content (AvgIpc) is 2.07. The zero-order chi connectivity index (χ0) is 8.55. The Morgan fingerprint density at radius 1 is 1.50 bits per heavy atom. The van der Waals surface area contributed by atoms with Gasteiger partial charge in [0, 0.05) is 12.6 Å². The molecular formula is C10H13NO. The molecule has 1 amide bonds. The molecular weight excluding hydrogens is 150 g/mol. The Labute approximate surface area is 72.6 Å². The van der Waals surface area contributed by atoms with Crippen molar-refractivity contribution < 1.29 is 4.79 Å². The molecule has 2 heteroatoms. The van der Waals surface area contributed by atoms with Gasteiger partial charge < -0.3 is 4.90 Å². The number of amides is 1. The third-order valence-electron chi connectivity index (χ3n) is 2.55. The maximum absolute atomic E-state index is 11.4. The topological polar surface area (TPSA) is 20.3 Å². The number of hydrogen-bond donors (Lipinski definition) is 0. The van der Waals surface area contributed by atoms with Gasteiger partial charge in [-0.15, -0.1) is 0 Å². The molecule has 2 rings (SSSR count). The van der Waals surface area contributed by atoms with Crippen molar-refractivity contribution in [1.82, 2.24) is 4.90 Å². The van der Waals surface area contributed by atoms with Crippen LogP contribution in [0.2, 0.25) is 0 Å². The average molecular weight is 163 g/mol. The third-order valence-corrected chi connectivity index (χ3v) is 2.55. The number of carbonyl (C=O) groups is 1. The van der Waals surface area contributed by atoms with Crippen LogP contribution in [0.4, 0.5) is 0 Å². The number of fused-ring (bicyclic) bond motifs is 1. The highest BCUT2D eigenvalue weighted by molar-refractivity contribution is 5.89. The van der Waals surface area contributed by atoms with Gasteiger partial charge >= 0.3 is 0 Å². The van der Waals surface area contributed by atoms with E-state index in [9.17, 15) is 4.79 Å². The molecule has 0 bridgehead atoms. The monoisotopic (exact) mass is 163 g/mol. The second-order valence-electron chi connectivity index (χ2n) is 3.54. The summed E-state index contributed by atoms with van der Waals surface area (Å²) in [5.41, 5.74) is 1.31. The summed E-state index contributed by atoms with van der Waals surface area (Å²) in [5.74, 6) is 0.179. The molecule has 2 nitrogen and oxygen atoms in total. The molecule has 0 aromatic heterocycles. The minimum atomic E-state index is 0.179. The SMILES string of the molecule is CC1=CCC2CC=CC(=O)N2C1. The van der Waals surface area contributed by atoms with Crippen LogP contribution < -0.4 is 0 Å². The predicted octanol–water partition coefficient (Wildman–Crippen LogP) is 1.49. The van der Waals surface area contributed by atoms with E-state index in [1.165, 1.54) is 5.57 Å². The van der Waals surface area contributed by atoms with E-state index < -0.39 is 0 Å². The smallest absolute Gasteiger partial charge is 0.246 e. The van der Waals surface area contributed by atoms with Gasteiger partial charge in [0.2, 0.25) is 5.91 Å². The van der Waals surface area contributed by atoms with Crippen molar-refractivity contribution in [1.29, 1.82) is 0 Å².